The van der Waals surface area contributed by atoms with E-state index >= 15 is 0 Å². The van der Waals surface area contributed by atoms with Crippen molar-refractivity contribution in [3.8, 4) is 0 Å². The molecule has 0 fully saturated rings. The molecule has 1 N–H and O–H groups in total. The molecular weight excluding hydrogens is 177 g/mol. The molecule has 1 aromatic rings. The van der Waals surface area contributed by atoms with Gasteiger partial charge in [-0.25, -0.2) is 14.2 Å². The van der Waals surface area contributed by atoms with Crippen molar-refractivity contribution in [1.29, 1.82) is 0 Å². The third-order valence-electron chi connectivity index (χ3n) is 1.52. The van der Waals surface area contributed by atoms with Crippen LogP contribution in [0.5, 0.6) is 0 Å². The van der Waals surface area contributed by atoms with Gasteiger partial charge in [0.05, 0.1) is 5.69 Å². The van der Waals surface area contributed by atoms with Crippen LogP contribution in [-0.2, 0) is 5.67 Å². The first kappa shape index (κ1) is 9.70. The van der Waals surface area contributed by atoms with Gasteiger partial charge in [0.15, 0.2) is 11.4 Å². The number of aryl methyl sites for hydroxylation is 1. The minimum absolute atomic E-state index is 0.0371. The third kappa shape index (κ3) is 1.85. The first-order valence-corrected chi connectivity index (χ1v) is 3.72. The molecule has 1 heterocycles. The van der Waals surface area contributed by atoms with Gasteiger partial charge in [-0.15, -0.1) is 0 Å². The largest absolute Gasteiger partial charge is 0.474 e. The molecule has 0 saturated heterocycles. The summed E-state index contributed by atoms with van der Waals surface area (Å²) in [6.07, 6.45) is 0. The molecule has 0 amide bonds. The van der Waals surface area contributed by atoms with E-state index in [0.717, 1.165) is 0 Å². The SMILES string of the molecule is Cc1nc(C(=O)O)oc1C(C)(C)F. The van der Waals surface area contributed by atoms with Gasteiger partial charge in [-0.3, -0.25) is 0 Å². The van der Waals surface area contributed by atoms with Crippen LogP contribution in [0, 0.1) is 6.92 Å². The molecule has 0 aliphatic heterocycles. The van der Waals surface area contributed by atoms with E-state index in [4.69, 9.17) is 9.52 Å². The van der Waals surface area contributed by atoms with Gasteiger partial charge in [-0.05, 0) is 20.8 Å². The molecule has 5 heteroatoms. The Labute approximate surface area is 74.4 Å². The predicted octanol–water partition coefficient (Wildman–Crippen LogP) is 1.89. The molecule has 0 unspecified atom stereocenters. The van der Waals surface area contributed by atoms with E-state index in [9.17, 15) is 9.18 Å². The fourth-order valence-corrected chi connectivity index (χ4v) is 1.04. The third-order valence-corrected chi connectivity index (χ3v) is 1.52. The minimum Gasteiger partial charge on any atom is -0.474 e. The zero-order valence-corrected chi connectivity index (χ0v) is 7.59. The van der Waals surface area contributed by atoms with Gasteiger partial charge in [0.2, 0.25) is 0 Å². The zero-order chi connectivity index (χ0) is 10.2. The summed E-state index contributed by atoms with van der Waals surface area (Å²) in [6, 6.07) is 0. The van der Waals surface area contributed by atoms with Gasteiger partial charge in [0, 0.05) is 0 Å². The van der Waals surface area contributed by atoms with Crippen LogP contribution >= 0.6 is 0 Å². The number of rotatable bonds is 2. The quantitative estimate of drug-likeness (QED) is 0.767. The molecule has 0 atom stereocenters. The molecule has 0 aromatic carbocycles. The average molecular weight is 187 g/mol. The average Bonchev–Trinajstić information content (AvgIpc) is 2.29. The Bertz CT molecular complexity index is 338. The van der Waals surface area contributed by atoms with E-state index in [1.54, 1.807) is 0 Å². The smallest absolute Gasteiger partial charge is 0.392 e. The van der Waals surface area contributed by atoms with Gasteiger partial charge < -0.3 is 9.52 Å². The molecule has 0 spiro atoms. The maximum absolute atomic E-state index is 13.3. The van der Waals surface area contributed by atoms with Crippen LogP contribution in [0.4, 0.5) is 4.39 Å². The zero-order valence-electron chi connectivity index (χ0n) is 7.59. The number of hydrogen-bond donors (Lipinski definition) is 1. The maximum Gasteiger partial charge on any atom is 0.392 e. The maximum atomic E-state index is 13.3. The van der Waals surface area contributed by atoms with Crippen molar-refractivity contribution in [3.05, 3.63) is 17.3 Å². The van der Waals surface area contributed by atoms with Crippen molar-refractivity contribution < 1.29 is 18.7 Å². The first-order valence-electron chi connectivity index (χ1n) is 3.72. The fourth-order valence-electron chi connectivity index (χ4n) is 1.04. The van der Waals surface area contributed by atoms with Gasteiger partial charge in [-0.1, -0.05) is 0 Å². The fraction of sp³-hybridized carbons (Fsp3) is 0.500. The van der Waals surface area contributed by atoms with Gasteiger partial charge in [0.1, 0.15) is 0 Å². The lowest BCUT2D eigenvalue weighted by molar-refractivity contribution is 0.0643. The predicted molar refractivity (Wildman–Crippen MR) is 42.3 cm³/mol. The standard InChI is InChI=1S/C8H10FNO3/c1-4-5(8(2,3)9)13-6(10-4)7(11)12/h1-3H3,(H,11,12). The summed E-state index contributed by atoms with van der Waals surface area (Å²) < 4.78 is 18.1. The first-order chi connectivity index (χ1) is 5.82. The van der Waals surface area contributed by atoms with Gasteiger partial charge in [-0.2, -0.15) is 0 Å². The Morgan fingerprint density at radius 3 is 2.38 bits per heavy atom. The Kier molecular flexibility index (Phi) is 2.11. The summed E-state index contributed by atoms with van der Waals surface area (Å²) in [7, 11) is 0. The Hall–Kier alpha value is -1.39. The van der Waals surface area contributed by atoms with Crippen LogP contribution in [0.15, 0.2) is 4.42 Å². The number of oxazole rings is 1. The molecule has 1 rings (SSSR count). The lowest BCUT2D eigenvalue weighted by Gasteiger charge is -2.09. The monoisotopic (exact) mass is 187 g/mol. The van der Waals surface area contributed by atoms with E-state index in [1.807, 2.05) is 0 Å². The number of aromatic carboxylic acids is 1. The summed E-state index contributed by atoms with van der Waals surface area (Å²) >= 11 is 0. The molecular formula is C8H10FNO3. The summed E-state index contributed by atoms with van der Waals surface area (Å²) in [5.41, 5.74) is -1.44. The van der Waals surface area contributed by atoms with Gasteiger partial charge in [0.25, 0.3) is 0 Å². The molecule has 13 heavy (non-hydrogen) atoms. The van der Waals surface area contributed by atoms with E-state index in [0.29, 0.717) is 0 Å². The van der Waals surface area contributed by atoms with Gasteiger partial charge >= 0.3 is 11.9 Å². The van der Waals surface area contributed by atoms with Crippen LogP contribution in [0.3, 0.4) is 0 Å². The second-order valence-electron chi connectivity index (χ2n) is 3.21. The molecule has 0 bridgehead atoms. The molecule has 72 valence electrons. The lowest BCUT2D eigenvalue weighted by atomic mass is 10.1. The van der Waals surface area contributed by atoms with Crippen LogP contribution in [0.1, 0.15) is 36.0 Å². The molecule has 0 aliphatic carbocycles. The number of carboxylic acid groups (broad SMARTS) is 1. The summed E-state index contributed by atoms with van der Waals surface area (Å²) in [5.74, 6) is -1.80. The normalized spacial score (nSPS) is 11.7. The number of aromatic nitrogens is 1. The van der Waals surface area contributed by atoms with Crippen LogP contribution in [0.25, 0.3) is 0 Å². The second-order valence-corrected chi connectivity index (χ2v) is 3.21. The van der Waals surface area contributed by atoms with Crippen LogP contribution in [0.2, 0.25) is 0 Å². The van der Waals surface area contributed by atoms with Crippen molar-refractivity contribution in [2.24, 2.45) is 0 Å². The molecule has 0 saturated carbocycles. The van der Waals surface area contributed by atoms with E-state index in [2.05, 4.69) is 4.98 Å². The lowest BCUT2D eigenvalue weighted by Crippen LogP contribution is -2.09. The van der Waals surface area contributed by atoms with Crippen LogP contribution in [-0.4, -0.2) is 16.1 Å². The number of nitrogens with zero attached hydrogens (tertiary/aromatic N) is 1. The Balaban J connectivity index is 3.18. The van der Waals surface area contributed by atoms with Crippen LogP contribution < -0.4 is 0 Å². The summed E-state index contributed by atoms with van der Waals surface area (Å²) in [4.78, 5) is 14.0. The van der Waals surface area contributed by atoms with Crippen molar-refractivity contribution >= 4 is 5.97 Å². The van der Waals surface area contributed by atoms with Crippen molar-refractivity contribution in [2.45, 2.75) is 26.4 Å². The highest BCUT2D eigenvalue weighted by Gasteiger charge is 2.28. The molecule has 4 nitrogen and oxygen atoms in total. The number of hydrogen-bond acceptors (Lipinski definition) is 3. The second kappa shape index (κ2) is 2.83. The van der Waals surface area contributed by atoms with E-state index in [1.165, 1.54) is 20.8 Å². The topological polar surface area (TPSA) is 63.3 Å². The molecule has 1 aromatic heterocycles. The van der Waals surface area contributed by atoms with E-state index in [-0.39, 0.29) is 11.5 Å². The minimum atomic E-state index is -1.70. The van der Waals surface area contributed by atoms with Crippen molar-refractivity contribution in [3.63, 3.8) is 0 Å². The van der Waals surface area contributed by atoms with E-state index < -0.39 is 17.5 Å². The Morgan fingerprint density at radius 2 is 2.15 bits per heavy atom. The highest BCUT2D eigenvalue weighted by Crippen LogP contribution is 2.28. The number of alkyl halides is 1. The number of carboxylic acids is 1. The molecule has 0 radical (unpaired) electrons. The summed E-state index contributed by atoms with van der Waals surface area (Å²) in [6.45, 7) is 4.07. The highest BCUT2D eigenvalue weighted by atomic mass is 19.1. The van der Waals surface area contributed by atoms with Crippen molar-refractivity contribution in [2.75, 3.05) is 0 Å². The Morgan fingerprint density at radius 1 is 1.62 bits per heavy atom. The summed E-state index contributed by atoms with van der Waals surface area (Å²) in [5, 5.41) is 8.51. The molecule has 0 aliphatic rings. The highest BCUT2D eigenvalue weighted by molar-refractivity contribution is 5.82. The number of carbonyl (C=O) groups is 1. The van der Waals surface area contributed by atoms with Crippen molar-refractivity contribution in [1.82, 2.24) is 4.98 Å². The number of halogens is 1.